The minimum absolute atomic E-state index is 0.197. The maximum atomic E-state index is 12.5. The lowest BCUT2D eigenvalue weighted by molar-refractivity contribution is 0.102. The van der Waals surface area contributed by atoms with Gasteiger partial charge in [-0.1, -0.05) is 43.3 Å². The van der Waals surface area contributed by atoms with Crippen molar-refractivity contribution in [1.29, 1.82) is 0 Å². The first-order valence-corrected chi connectivity index (χ1v) is 11.6. The molecule has 30 heavy (non-hydrogen) atoms. The lowest BCUT2D eigenvalue weighted by atomic mass is 10.1. The third-order valence-electron chi connectivity index (χ3n) is 4.85. The van der Waals surface area contributed by atoms with E-state index in [1.165, 1.54) is 16.1 Å². The van der Waals surface area contributed by atoms with Crippen LogP contribution in [0, 0.1) is 6.92 Å². The van der Waals surface area contributed by atoms with Crippen molar-refractivity contribution in [1.82, 2.24) is 0 Å². The second kappa shape index (κ2) is 9.13. The summed E-state index contributed by atoms with van der Waals surface area (Å²) in [5.41, 5.74) is 4.87. The highest BCUT2D eigenvalue weighted by molar-refractivity contribution is 7.92. The molecule has 0 aromatic heterocycles. The fourth-order valence-corrected chi connectivity index (χ4v) is 4.02. The van der Waals surface area contributed by atoms with Gasteiger partial charge < -0.3 is 5.32 Å². The van der Waals surface area contributed by atoms with Crippen molar-refractivity contribution in [3.8, 4) is 0 Å². The number of sulfonamides is 1. The normalized spacial score (nSPS) is 11.2. The molecular formula is C24H26N2O3S. The van der Waals surface area contributed by atoms with Crippen molar-refractivity contribution < 1.29 is 13.2 Å². The molecule has 6 heteroatoms. The van der Waals surface area contributed by atoms with Gasteiger partial charge in [-0.2, -0.15) is 0 Å². The third-order valence-corrected chi connectivity index (χ3v) is 5.99. The Morgan fingerprint density at radius 2 is 1.57 bits per heavy atom. The zero-order chi connectivity index (χ0) is 21.7. The molecule has 156 valence electrons. The molecule has 3 rings (SSSR count). The summed E-state index contributed by atoms with van der Waals surface area (Å²) in [5.74, 6) is -0.204. The van der Waals surface area contributed by atoms with Gasteiger partial charge in [0, 0.05) is 11.3 Å². The number of amides is 1. The predicted molar refractivity (Wildman–Crippen MR) is 122 cm³/mol. The van der Waals surface area contributed by atoms with Crippen LogP contribution in [0.1, 0.15) is 34.0 Å². The molecule has 3 aromatic carbocycles. The lowest BCUT2D eigenvalue weighted by Gasteiger charge is -2.23. The van der Waals surface area contributed by atoms with Gasteiger partial charge in [0.15, 0.2) is 0 Å². The Morgan fingerprint density at radius 1 is 0.933 bits per heavy atom. The molecule has 0 bridgehead atoms. The van der Waals surface area contributed by atoms with Crippen LogP contribution in [0.2, 0.25) is 0 Å². The molecule has 5 nitrogen and oxygen atoms in total. The van der Waals surface area contributed by atoms with E-state index in [1.807, 2.05) is 49.4 Å². The summed E-state index contributed by atoms with van der Waals surface area (Å²) >= 11 is 0. The molecule has 1 N–H and O–H groups in total. The van der Waals surface area contributed by atoms with E-state index in [2.05, 4.69) is 12.2 Å². The van der Waals surface area contributed by atoms with Crippen LogP contribution >= 0.6 is 0 Å². The SMILES string of the molecule is CCc1ccc(NC(=O)c2ccc(CN(c3cccc(C)c3)S(C)(=O)=O)cc2)cc1. The van der Waals surface area contributed by atoms with Crippen LogP contribution in [0.4, 0.5) is 11.4 Å². The number of nitrogens with zero attached hydrogens (tertiary/aromatic N) is 1. The summed E-state index contributed by atoms with van der Waals surface area (Å²) < 4.78 is 26.0. The Balaban J connectivity index is 1.74. The van der Waals surface area contributed by atoms with Crippen LogP contribution in [-0.2, 0) is 23.0 Å². The van der Waals surface area contributed by atoms with Gasteiger partial charge in [-0.3, -0.25) is 9.10 Å². The fraction of sp³-hybridized carbons (Fsp3) is 0.208. The zero-order valence-corrected chi connectivity index (χ0v) is 18.2. The number of rotatable bonds is 7. The zero-order valence-electron chi connectivity index (χ0n) is 17.4. The number of benzene rings is 3. The second-order valence-electron chi connectivity index (χ2n) is 7.31. The first-order valence-electron chi connectivity index (χ1n) is 9.80. The van der Waals surface area contributed by atoms with Crippen LogP contribution in [0.3, 0.4) is 0 Å². The lowest BCUT2D eigenvalue weighted by Crippen LogP contribution is -2.29. The van der Waals surface area contributed by atoms with E-state index in [0.717, 1.165) is 23.2 Å². The number of hydrogen-bond donors (Lipinski definition) is 1. The molecule has 0 saturated heterocycles. The van der Waals surface area contributed by atoms with E-state index < -0.39 is 10.0 Å². The van der Waals surface area contributed by atoms with Crippen molar-refractivity contribution >= 4 is 27.3 Å². The van der Waals surface area contributed by atoms with Gasteiger partial charge in [0.2, 0.25) is 10.0 Å². The summed E-state index contributed by atoms with van der Waals surface area (Å²) in [6.45, 7) is 4.20. The maximum Gasteiger partial charge on any atom is 0.255 e. The number of carbonyl (C=O) groups is 1. The first kappa shape index (κ1) is 21.6. The van der Waals surface area contributed by atoms with Crippen LogP contribution in [0.15, 0.2) is 72.8 Å². The molecule has 0 saturated carbocycles. The quantitative estimate of drug-likeness (QED) is 0.596. The van der Waals surface area contributed by atoms with Gasteiger partial charge in [-0.25, -0.2) is 8.42 Å². The predicted octanol–water partition coefficient (Wildman–Crippen LogP) is 4.78. The monoisotopic (exact) mass is 422 g/mol. The van der Waals surface area contributed by atoms with Gasteiger partial charge >= 0.3 is 0 Å². The van der Waals surface area contributed by atoms with Crippen molar-refractivity contribution in [2.24, 2.45) is 0 Å². The van der Waals surface area contributed by atoms with Crippen molar-refractivity contribution in [2.75, 3.05) is 15.9 Å². The molecule has 3 aromatic rings. The summed E-state index contributed by atoms with van der Waals surface area (Å²) in [4.78, 5) is 12.5. The number of nitrogens with one attached hydrogen (secondary N) is 1. The average Bonchev–Trinajstić information content (AvgIpc) is 2.72. The van der Waals surface area contributed by atoms with E-state index in [9.17, 15) is 13.2 Å². The van der Waals surface area contributed by atoms with Crippen molar-refractivity contribution in [3.63, 3.8) is 0 Å². The van der Waals surface area contributed by atoms with E-state index in [4.69, 9.17) is 0 Å². The Hall–Kier alpha value is -3.12. The standard InChI is InChI=1S/C24H26N2O3S/c1-4-19-10-14-22(15-11-19)25-24(27)21-12-8-20(9-13-21)17-26(30(3,28)29)23-7-5-6-18(2)16-23/h5-16H,4,17H2,1-3H3,(H,25,27). The Morgan fingerprint density at radius 3 is 2.13 bits per heavy atom. The topological polar surface area (TPSA) is 66.5 Å². The summed E-state index contributed by atoms with van der Waals surface area (Å²) in [6.07, 6.45) is 2.14. The Labute approximate surface area is 178 Å². The molecule has 0 aliphatic heterocycles. The molecule has 0 radical (unpaired) electrons. The fourth-order valence-electron chi connectivity index (χ4n) is 3.14. The first-order chi connectivity index (χ1) is 14.3. The third kappa shape index (κ3) is 5.48. The smallest absolute Gasteiger partial charge is 0.255 e. The largest absolute Gasteiger partial charge is 0.322 e. The molecule has 0 fully saturated rings. The average molecular weight is 423 g/mol. The number of aryl methyl sites for hydroxylation is 2. The van der Waals surface area contributed by atoms with Crippen molar-refractivity contribution in [3.05, 3.63) is 95.1 Å². The Kier molecular flexibility index (Phi) is 6.57. The van der Waals surface area contributed by atoms with Gasteiger partial charge in [0.1, 0.15) is 0 Å². The van der Waals surface area contributed by atoms with Crippen LogP contribution in [0.25, 0.3) is 0 Å². The van der Waals surface area contributed by atoms with Gasteiger partial charge in [0.05, 0.1) is 18.5 Å². The summed E-state index contributed by atoms with van der Waals surface area (Å²) in [5, 5.41) is 2.88. The molecular weight excluding hydrogens is 396 g/mol. The highest BCUT2D eigenvalue weighted by Crippen LogP contribution is 2.22. The summed E-state index contributed by atoms with van der Waals surface area (Å²) in [6, 6.07) is 22.1. The van der Waals surface area contributed by atoms with Crippen molar-refractivity contribution in [2.45, 2.75) is 26.8 Å². The van der Waals surface area contributed by atoms with Gasteiger partial charge in [-0.15, -0.1) is 0 Å². The molecule has 0 aliphatic carbocycles. The highest BCUT2D eigenvalue weighted by atomic mass is 32.2. The molecule has 0 spiro atoms. The van der Waals surface area contributed by atoms with Crippen LogP contribution in [-0.4, -0.2) is 20.6 Å². The van der Waals surface area contributed by atoms with E-state index in [1.54, 1.807) is 30.3 Å². The minimum atomic E-state index is -3.45. The molecule has 0 heterocycles. The molecule has 1 amide bonds. The number of anilines is 2. The van der Waals surface area contributed by atoms with E-state index in [0.29, 0.717) is 11.3 Å². The minimum Gasteiger partial charge on any atom is -0.322 e. The Bertz CT molecular complexity index is 1120. The number of hydrogen-bond acceptors (Lipinski definition) is 3. The second-order valence-corrected chi connectivity index (χ2v) is 9.22. The van der Waals surface area contributed by atoms with Gasteiger partial charge in [0.25, 0.3) is 5.91 Å². The number of carbonyl (C=O) groups excluding carboxylic acids is 1. The maximum absolute atomic E-state index is 12.5. The highest BCUT2D eigenvalue weighted by Gasteiger charge is 2.18. The van der Waals surface area contributed by atoms with E-state index >= 15 is 0 Å². The van der Waals surface area contributed by atoms with Crippen LogP contribution < -0.4 is 9.62 Å². The molecule has 0 aliphatic rings. The summed E-state index contributed by atoms with van der Waals surface area (Å²) in [7, 11) is -3.45. The molecule has 0 atom stereocenters. The van der Waals surface area contributed by atoms with Gasteiger partial charge in [-0.05, 0) is 66.4 Å². The van der Waals surface area contributed by atoms with E-state index in [-0.39, 0.29) is 12.5 Å². The van der Waals surface area contributed by atoms with Crippen LogP contribution in [0.5, 0.6) is 0 Å². The molecule has 0 unspecified atom stereocenters.